The molecule has 1 N–H and O–H groups in total. The number of hydrogen-bond donors (Lipinski definition) is 1. The maximum atomic E-state index is 5.62. The Morgan fingerprint density at radius 1 is 1.75 bits per heavy atom. The Kier molecular flexibility index (Phi) is 3.43. The molecule has 0 bridgehead atoms. The Morgan fingerprint density at radius 3 is 2.83 bits per heavy atom. The first-order valence-corrected chi connectivity index (χ1v) is 5.78. The first kappa shape index (κ1) is 9.89. The van der Waals surface area contributed by atoms with Crippen LogP contribution in [0.4, 0.5) is 5.13 Å². The number of anilines is 1. The summed E-state index contributed by atoms with van der Waals surface area (Å²) < 4.78 is 1.03. The van der Waals surface area contributed by atoms with Crippen molar-refractivity contribution in [1.82, 2.24) is 4.98 Å². The van der Waals surface area contributed by atoms with Crippen molar-refractivity contribution in [1.29, 1.82) is 0 Å². The zero-order chi connectivity index (χ0) is 9.14. The average molecular weight is 221 g/mol. The van der Waals surface area contributed by atoms with E-state index in [2.05, 4.69) is 16.9 Å². The van der Waals surface area contributed by atoms with Crippen LogP contribution in [0.2, 0.25) is 0 Å². The maximum absolute atomic E-state index is 5.62. The molecular formula is C7H9ClN2S2. The molecule has 1 rings (SSSR count). The van der Waals surface area contributed by atoms with Crippen LogP contribution in [0.1, 0.15) is 12.6 Å². The molecule has 0 aliphatic carbocycles. The minimum absolute atomic E-state index is 0.850. The summed E-state index contributed by atoms with van der Waals surface area (Å²) in [5.74, 6) is 0. The Labute approximate surface area is 84.5 Å². The lowest BCUT2D eigenvalue weighted by molar-refractivity contribution is 1.20. The van der Waals surface area contributed by atoms with Crippen molar-refractivity contribution < 1.29 is 0 Å². The summed E-state index contributed by atoms with van der Waals surface area (Å²) in [6.07, 6.45) is 0. The van der Waals surface area contributed by atoms with E-state index in [4.69, 9.17) is 10.7 Å². The van der Waals surface area contributed by atoms with E-state index in [1.165, 1.54) is 22.3 Å². The highest BCUT2D eigenvalue weighted by atomic mass is 35.7. The summed E-state index contributed by atoms with van der Waals surface area (Å²) in [6, 6.07) is 0. The Hall–Kier alpha value is -0.190. The lowest BCUT2D eigenvalue weighted by atomic mass is 10.6. The van der Waals surface area contributed by atoms with Crippen LogP contribution in [-0.4, -0.2) is 4.98 Å². The highest BCUT2D eigenvalue weighted by Gasteiger charge is 2.06. The molecule has 0 saturated carbocycles. The summed E-state index contributed by atoms with van der Waals surface area (Å²) in [5.41, 5.74) is 1.85. The van der Waals surface area contributed by atoms with Gasteiger partial charge in [0.25, 0.3) is 0 Å². The molecule has 0 aliphatic heterocycles. The Balaban J connectivity index is 2.82. The quantitative estimate of drug-likeness (QED) is 0.842. The molecule has 0 unspecified atom stereocenters. The predicted molar refractivity (Wildman–Crippen MR) is 57.0 cm³/mol. The number of rotatable bonds is 3. The summed E-state index contributed by atoms with van der Waals surface area (Å²) in [7, 11) is 6.82. The van der Waals surface area contributed by atoms with Crippen molar-refractivity contribution in [3.05, 3.63) is 18.0 Å². The normalized spacial score (nSPS) is 9.92. The van der Waals surface area contributed by atoms with E-state index < -0.39 is 0 Å². The fourth-order valence-electron chi connectivity index (χ4n) is 0.690. The van der Waals surface area contributed by atoms with Gasteiger partial charge in [0.2, 0.25) is 0 Å². The third-order valence-electron chi connectivity index (χ3n) is 1.14. The number of thiazole rings is 1. The standard InChI is InChI=1S/C7H9ClN2S2/c1-4(2)9-7-10-5(3)6(11-7)12-8/h1H2,2-3H3,(H,9,10). The van der Waals surface area contributed by atoms with Crippen LogP contribution >= 0.6 is 33.0 Å². The Morgan fingerprint density at radius 2 is 2.42 bits per heavy atom. The molecule has 2 nitrogen and oxygen atoms in total. The van der Waals surface area contributed by atoms with Gasteiger partial charge in [-0.05, 0) is 35.5 Å². The van der Waals surface area contributed by atoms with Crippen molar-refractivity contribution >= 4 is 38.1 Å². The molecule has 5 heteroatoms. The minimum Gasteiger partial charge on any atom is -0.336 e. The number of allylic oxidation sites excluding steroid dienone is 1. The largest absolute Gasteiger partial charge is 0.336 e. The highest BCUT2D eigenvalue weighted by Crippen LogP contribution is 2.34. The third-order valence-corrected chi connectivity index (χ3v) is 3.68. The van der Waals surface area contributed by atoms with Crippen LogP contribution in [0, 0.1) is 6.92 Å². The van der Waals surface area contributed by atoms with Gasteiger partial charge in [0.15, 0.2) is 5.13 Å². The zero-order valence-electron chi connectivity index (χ0n) is 6.85. The molecule has 0 fully saturated rings. The second-order valence-electron chi connectivity index (χ2n) is 2.37. The van der Waals surface area contributed by atoms with Gasteiger partial charge >= 0.3 is 0 Å². The van der Waals surface area contributed by atoms with Crippen molar-refractivity contribution in [2.24, 2.45) is 0 Å². The summed E-state index contributed by atoms with van der Waals surface area (Å²) >= 11 is 1.54. The van der Waals surface area contributed by atoms with Crippen LogP contribution in [-0.2, 0) is 0 Å². The molecule has 0 spiro atoms. The van der Waals surface area contributed by atoms with Gasteiger partial charge in [-0.2, -0.15) is 0 Å². The van der Waals surface area contributed by atoms with E-state index in [-0.39, 0.29) is 0 Å². The number of aromatic nitrogens is 1. The molecule has 0 amide bonds. The van der Waals surface area contributed by atoms with Crippen molar-refractivity contribution in [3.8, 4) is 0 Å². The lowest BCUT2D eigenvalue weighted by Crippen LogP contribution is -1.91. The molecule has 0 radical (unpaired) electrons. The van der Waals surface area contributed by atoms with Gasteiger partial charge < -0.3 is 5.32 Å². The van der Waals surface area contributed by atoms with Gasteiger partial charge in [-0.15, -0.1) is 0 Å². The first-order chi connectivity index (χ1) is 5.63. The molecule has 1 heterocycles. The molecule has 0 aliphatic rings. The van der Waals surface area contributed by atoms with Crippen LogP contribution in [0.15, 0.2) is 16.5 Å². The monoisotopic (exact) mass is 220 g/mol. The Bertz CT molecular complexity index is 296. The van der Waals surface area contributed by atoms with Gasteiger partial charge in [0.05, 0.1) is 5.69 Å². The summed E-state index contributed by atoms with van der Waals surface area (Å²) in [5, 5.41) is 3.89. The molecule has 0 saturated heterocycles. The highest BCUT2D eigenvalue weighted by molar-refractivity contribution is 8.22. The number of nitrogens with zero attached hydrogens (tertiary/aromatic N) is 1. The second-order valence-corrected chi connectivity index (χ2v) is 4.66. The van der Waals surface area contributed by atoms with Crippen molar-refractivity contribution in [2.45, 2.75) is 18.1 Å². The second kappa shape index (κ2) is 4.16. The van der Waals surface area contributed by atoms with Gasteiger partial charge in [-0.3, -0.25) is 0 Å². The smallest absolute Gasteiger partial charge is 0.188 e. The van der Waals surface area contributed by atoms with E-state index in [1.54, 1.807) is 0 Å². The van der Waals surface area contributed by atoms with E-state index in [0.29, 0.717) is 0 Å². The predicted octanol–water partition coefficient (Wildman–Crippen LogP) is 3.64. The van der Waals surface area contributed by atoms with Crippen LogP contribution in [0.5, 0.6) is 0 Å². The van der Waals surface area contributed by atoms with Gasteiger partial charge in [0, 0.05) is 5.70 Å². The average Bonchev–Trinajstić information content (AvgIpc) is 2.29. The maximum Gasteiger partial charge on any atom is 0.188 e. The van der Waals surface area contributed by atoms with Gasteiger partial charge in [-0.1, -0.05) is 17.9 Å². The van der Waals surface area contributed by atoms with Gasteiger partial charge in [0.1, 0.15) is 4.21 Å². The molecular weight excluding hydrogens is 212 g/mol. The molecule has 12 heavy (non-hydrogen) atoms. The number of aryl methyl sites for hydroxylation is 1. The lowest BCUT2D eigenvalue weighted by Gasteiger charge is -1.96. The molecule has 0 atom stereocenters. The van der Waals surface area contributed by atoms with Crippen LogP contribution < -0.4 is 5.32 Å². The molecule has 1 aromatic heterocycles. The number of halogens is 1. The molecule has 1 aromatic rings. The van der Waals surface area contributed by atoms with E-state index in [0.717, 1.165) is 20.7 Å². The van der Waals surface area contributed by atoms with E-state index in [1.807, 2.05) is 13.8 Å². The third kappa shape index (κ3) is 2.40. The minimum atomic E-state index is 0.850. The first-order valence-electron chi connectivity index (χ1n) is 3.32. The van der Waals surface area contributed by atoms with Crippen molar-refractivity contribution in [2.75, 3.05) is 5.32 Å². The topological polar surface area (TPSA) is 24.9 Å². The summed E-state index contributed by atoms with van der Waals surface area (Å²) in [6.45, 7) is 7.56. The van der Waals surface area contributed by atoms with Gasteiger partial charge in [-0.25, -0.2) is 4.98 Å². The molecule has 66 valence electrons. The zero-order valence-corrected chi connectivity index (χ0v) is 9.24. The van der Waals surface area contributed by atoms with E-state index in [9.17, 15) is 0 Å². The summed E-state index contributed by atoms with van der Waals surface area (Å²) in [4.78, 5) is 4.26. The van der Waals surface area contributed by atoms with Crippen LogP contribution in [0.25, 0.3) is 0 Å². The number of hydrogen-bond acceptors (Lipinski definition) is 4. The SMILES string of the molecule is C=C(C)Nc1nc(C)c(SCl)s1. The molecule has 0 aromatic carbocycles. The number of nitrogens with one attached hydrogen (secondary N) is 1. The fraction of sp³-hybridized carbons (Fsp3) is 0.286. The van der Waals surface area contributed by atoms with Crippen molar-refractivity contribution in [3.63, 3.8) is 0 Å². The van der Waals surface area contributed by atoms with Crippen LogP contribution in [0.3, 0.4) is 0 Å². The fourth-order valence-corrected chi connectivity index (χ4v) is 2.61. The van der Waals surface area contributed by atoms with E-state index >= 15 is 0 Å².